The van der Waals surface area contributed by atoms with Crippen molar-refractivity contribution in [1.82, 2.24) is 0 Å². The van der Waals surface area contributed by atoms with Crippen LogP contribution < -0.4 is 10.1 Å². The van der Waals surface area contributed by atoms with Crippen LogP contribution in [0.2, 0.25) is 0 Å². The molecule has 1 amide bonds. The average molecular weight is 365 g/mol. The SMILES string of the molecule is COc1ccc([N+](=O)[O-])c(C(=O)Nc2ccc(Br)cc2C)c1. The van der Waals surface area contributed by atoms with Crippen LogP contribution in [-0.4, -0.2) is 17.9 Å². The van der Waals surface area contributed by atoms with Crippen molar-refractivity contribution < 1.29 is 14.5 Å². The first-order valence-corrected chi connectivity index (χ1v) is 7.11. The highest BCUT2D eigenvalue weighted by atomic mass is 79.9. The smallest absolute Gasteiger partial charge is 0.282 e. The maximum Gasteiger partial charge on any atom is 0.282 e. The van der Waals surface area contributed by atoms with E-state index in [4.69, 9.17) is 4.74 Å². The second-order valence-corrected chi connectivity index (χ2v) is 5.47. The Balaban J connectivity index is 2.38. The standard InChI is InChI=1S/C15H13BrN2O4/c1-9-7-10(16)3-5-13(9)17-15(19)12-8-11(22-2)4-6-14(12)18(20)21/h3-8H,1-2H3,(H,17,19). The molecule has 0 atom stereocenters. The van der Waals surface area contributed by atoms with Gasteiger partial charge in [0, 0.05) is 16.2 Å². The average Bonchev–Trinajstić information content (AvgIpc) is 2.49. The quantitative estimate of drug-likeness (QED) is 0.658. The van der Waals surface area contributed by atoms with E-state index in [0.29, 0.717) is 11.4 Å². The Labute approximate surface area is 135 Å². The zero-order chi connectivity index (χ0) is 16.3. The number of anilines is 1. The van der Waals surface area contributed by atoms with Crippen LogP contribution >= 0.6 is 15.9 Å². The second-order valence-electron chi connectivity index (χ2n) is 4.55. The first-order chi connectivity index (χ1) is 10.4. The van der Waals surface area contributed by atoms with Gasteiger partial charge in [0.25, 0.3) is 11.6 Å². The minimum Gasteiger partial charge on any atom is -0.497 e. The molecule has 2 aromatic rings. The minimum atomic E-state index is -0.594. The molecule has 0 bridgehead atoms. The van der Waals surface area contributed by atoms with Gasteiger partial charge in [-0.25, -0.2) is 0 Å². The fraction of sp³-hybridized carbons (Fsp3) is 0.133. The lowest BCUT2D eigenvalue weighted by Crippen LogP contribution is -2.14. The lowest BCUT2D eigenvalue weighted by Gasteiger charge is -2.10. The highest BCUT2D eigenvalue weighted by Gasteiger charge is 2.21. The highest BCUT2D eigenvalue weighted by Crippen LogP contribution is 2.26. The van der Waals surface area contributed by atoms with Crippen molar-refractivity contribution in [3.05, 3.63) is 62.1 Å². The Hall–Kier alpha value is -2.41. The van der Waals surface area contributed by atoms with Gasteiger partial charge in [-0.05, 0) is 42.8 Å². The number of benzene rings is 2. The predicted octanol–water partition coefficient (Wildman–Crippen LogP) is 3.93. The van der Waals surface area contributed by atoms with Crippen molar-refractivity contribution in [2.24, 2.45) is 0 Å². The highest BCUT2D eigenvalue weighted by molar-refractivity contribution is 9.10. The molecular weight excluding hydrogens is 352 g/mol. The van der Waals surface area contributed by atoms with Crippen molar-refractivity contribution in [3.8, 4) is 5.75 Å². The van der Waals surface area contributed by atoms with Crippen LogP contribution in [0.25, 0.3) is 0 Å². The summed E-state index contributed by atoms with van der Waals surface area (Å²) in [5, 5.41) is 13.7. The Morgan fingerprint density at radius 3 is 2.59 bits per heavy atom. The van der Waals surface area contributed by atoms with Gasteiger partial charge in [-0.2, -0.15) is 0 Å². The van der Waals surface area contributed by atoms with Gasteiger partial charge in [-0.1, -0.05) is 15.9 Å². The third kappa shape index (κ3) is 3.43. The number of nitrogens with zero attached hydrogens (tertiary/aromatic N) is 1. The van der Waals surface area contributed by atoms with Gasteiger partial charge in [-0.15, -0.1) is 0 Å². The Morgan fingerprint density at radius 1 is 1.27 bits per heavy atom. The van der Waals surface area contributed by atoms with Gasteiger partial charge in [-0.3, -0.25) is 14.9 Å². The maximum absolute atomic E-state index is 12.4. The van der Waals surface area contributed by atoms with E-state index in [0.717, 1.165) is 10.0 Å². The molecule has 0 spiro atoms. The summed E-state index contributed by atoms with van der Waals surface area (Å²) in [4.78, 5) is 22.8. The first kappa shape index (κ1) is 16.0. The topological polar surface area (TPSA) is 81.5 Å². The molecular formula is C15H13BrN2O4. The van der Waals surface area contributed by atoms with Gasteiger partial charge in [0.15, 0.2) is 0 Å². The molecule has 0 aliphatic carbocycles. The number of nitrogens with one attached hydrogen (secondary N) is 1. The molecule has 0 saturated heterocycles. The number of hydrogen-bond donors (Lipinski definition) is 1. The second kappa shape index (κ2) is 6.57. The van der Waals surface area contributed by atoms with E-state index in [-0.39, 0.29) is 11.3 Å². The molecule has 0 aliphatic heterocycles. The van der Waals surface area contributed by atoms with E-state index in [2.05, 4.69) is 21.2 Å². The zero-order valence-electron chi connectivity index (χ0n) is 11.9. The molecule has 0 saturated carbocycles. The zero-order valence-corrected chi connectivity index (χ0v) is 13.5. The molecule has 0 heterocycles. The molecule has 0 aliphatic rings. The summed E-state index contributed by atoms with van der Waals surface area (Å²) >= 11 is 3.34. The normalized spacial score (nSPS) is 10.1. The summed E-state index contributed by atoms with van der Waals surface area (Å²) in [5.41, 5.74) is 1.11. The van der Waals surface area contributed by atoms with Crippen molar-refractivity contribution in [3.63, 3.8) is 0 Å². The van der Waals surface area contributed by atoms with Gasteiger partial charge >= 0.3 is 0 Å². The monoisotopic (exact) mass is 364 g/mol. The van der Waals surface area contributed by atoms with Gasteiger partial charge in [0.1, 0.15) is 11.3 Å². The van der Waals surface area contributed by atoms with Crippen LogP contribution in [0.4, 0.5) is 11.4 Å². The third-order valence-electron chi connectivity index (χ3n) is 3.08. The number of nitro benzene ring substituents is 1. The summed E-state index contributed by atoms with van der Waals surface area (Å²) in [7, 11) is 1.43. The van der Waals surface area contributed by atoms with Crippen LogP contribution in [0.15, 0.2) is 40.9 Å². The largest absolute Gasteiger partial charge is 0.497 e. The van der Waals surface area contributed by atoms with Crippen LogP contribution in [0.3, 0.4) is 0 Å². The number of amides is 1. The van der Waals surface area contributed by atoms with E-state index in [1.807, 2.05) is 13.0 Å². The Bertz CT molecular complexity index is 746. The molecule has 0 unspecified atom stereocenters. The summed E-state index contributed by atoms with van der Waals surface area (Å²) in [6, 6.07) is 9.39. The van der Waals surface area contributed by atoms with E-state index in [9.17, 15) is 14.9 Å². The van der Waals surface area contributed by atoms with Crippen LogP contribution in [0.5, 0.6) is 5.75 Å². The van der Waals surface area contributed by atoms with Crippen molar-refractivity contribution >= 4 is 33.2 Å². The number of rotatable bonds is 4. The maximum atomic E-state index is 12.4. The molecule has 0 fully saturated rings. The van der Waals surface area contributed by atoms with Crippen molar-refractivity contribution in [2.45, 2.75) is 6.92 Å². The molecule has 2 aromatic carbocycles. The minimum absolute atomic E-state index is 0.0494. The molecule has 7 heteroatoms. The van der Waals surface area contributed by atoms with Gasteiger partial charge in [0.05, 0.1) is 12.0 Å². The van der Waals surface area contributed by atoms with E-state index in [1.165, 1.54) is 25.3 Å². The number of halogens is 1. The summed E-state index contributed by atoms with van der Waals surface area (Å²) in [5.74, 6) is -0.181. The number of carbonyl (C=O) groups excluding carboxylic acids is 1. The number of carbonyl (C=O) groups is 1. The van der Waals surface area contributed by atoms with E-state index in [1.54, 1.807) is 12.1 Å². The Kier molecular flexibility index (Phi) is 4.77. The van der Waals surface area contributed by atoms with Crippen LogP contribution in [0, 0.1) is 17.0 Å². The summed E-state index contributed by atoms with van der Waals surface area (Å²) < 4.78 is 5.91. The van der Waals surface area contributed by atoms with Crippen LogP contribution in [-0.2, 0) is 0 Å². The molecule has 114 valence electrons. The molecule has 0 aromatic heterocycles. The first-order valence-electron chi connectivity index (χ1n) is 6.32. The number of hydrogen-bond acceptors (Lipinski definition) is 4. The summed E-state index contributed by atoms with van der Waals surface area (Å²) in [6.07, 6.45) is 0. The fourth-order valence-corrected chi connectivity index (χ4v) is 2.42. The lowest BCUT2D eigenvalue weighted by molar-refractivity contribution is -0.385. The molecule has 0 radical (unpaired) electrons. The molecule has 1 N–H and O–H groups in total. The number of ether oxygens (including phenoxy) is 1. The molecule has 22 heavy (non-hydrogen) atoms. The number of methoxy groups -OCH3 is 1. The van der Waals surface area contributed by atoms with Gasteiger partial charge < -0.3 is 10.1 Å². The fourth-order valence-electron chi connectivity index (χ4n) is 1.94. The van der Waals surface area contributed by atoms with Gasteiger partial charge in [0.2, 0.25) is 0 Å². The van der Waals surface area contributed by atoms with E-state index >= 15 is 0 Å². The molecule has 6 nitrogen and oxygen atoms in total. The number of aryl methyl sites for hydroxylation is 1. The molecule has 2 rings (SSSR count). The lowest BCUT2D eigenvalue weighted by atomic mass is 10.1. The summed E-state index contributed by atoms with van der Waals surface area (Å²) in [6.45, 7) is 1.83. The van der Waals surface area contributed by atoms with E-state index < -0.39 is 10.8 Å². The predicted molar refractivity (Wildman–Crippen MR) is 86.5 cm³/mol. The van der Waals surface area contributed by atoms with Crippen molar-refractivity contribution in [1.29, 1.82) is 0 Å². The van der Waals surface area contributed by atoms with Crippen LogP contribution in [0.1, 0.15) is 15.9 Å². The third-order valence-corrected chi connectivity index (χ3v) is 3.57. The number of nitro groups is 1. The Morgan fingerprint density at radius 2 is 2.00 bits per heavy atom. The van der Waals surface area contributed by atoms with Crippen molar-refractivity contribution in [2.75, 3.05) is 12.4 Å².